The van der Waals surface area contributed by atoms with Gasteiger partial charge in [-0.15, -0.1) is 0 Å². The first-order chi connectivity index (χ1) is 37.8. The van der Waals surface area contributed by atoms with Crippen LogP contribution in [-0.4, -0.2) is 0 Å². The number of benzene rings is 11. The molecule has 2 aliphatic rings. The van der Waals surface area contributed by atoms with Crippen LogP contribution in [0.3, 0.4) is 0 Å². The van der Waals surface area contributed by atoms with Gasteiger partial charge < -0.3 is 14.4 Å². The molecule has 2 atom stereocenters. The lowest BCUT2D eigenvalue weighted by Crippen LogP contribution is -2.29. The van der Waals surface area contributed by atoms with E-state index < -0.39 is 10.8 Å². The van der Waals surface area contributed by atoms with Gasteiger partial charge in [0.15, 0.2) is 0 Å². The van der Waals surface area contributed by atoms with Gasteiger partial charge in [-0.25, -0.2) is 8.78 Å². The van der Waals surface area contributed by atoms with Crippen LogP contribution in [0.5, 0.6) is 23.0 Å². The van der Waals surface area contributed by atoms with Crippen molar-refractivity contribution < 1.29 is 18.3 Å². The maximum atomic E-state index is 15.9. The maximum absolute atomic E-state index is 15.9. The molecule has 0 aliphatic heterocycles. The third-order valence-electron chi connectivity index (χ3n) is 15.4. The lowest BCUT2D eigenvalue weighted by Gasteiger charge is -2.36. The third kappa shape index (κ3) is 7.86. The summed E-state index contributed by atoms with van der Waals surface area (Å²) in [6.45, 7) is 7.77. The van der Waals surface area contributed by atoms with Crippen LogP contribution in [0.15, 0.2) is 274 Å². The average molecular weight is 998 g/mol. The fourth-order valence-corrected chi connectivity index (χ4v) is 12.0. The predicted molar refractivity (Wildman–Crippen MR) is 309 cm³/mol. The summed E-state index contributed by atoms with van der Waals surface area (Å²) in [6, 6.07) is 86.7. The molecule has 368 valence electrons. The fourth-order valence-electron chi connectivity index (χ4n) is 12.0. The van der Waals surface area contributed by atoms with E-state index in [1.165, 1.54) is 12.1 Å². The average Bonchev–Trinajstić information content (AvgIpc) is 3.98. The summed E-state index contributed by atoms with van der Waals surface area (Å²) in [4.78, 5) is 2.29. The van der Waals surface area contributed by atoms with Gasteiger partial charge in [0.05, 0.1) is 10.8 Å². The Morgan fingerprint density at radius 2 is 0.688 bits per heavy atom. The van der Waals surface area contributed by atoms with Crippen LogP contribution >= 0.6 is 0 Å². The molecule has 2 aliphatic carbocycles. The standard InChI is InChI=1S/C72H49F2NO2/c1-3-48-24-34-59(35-25-48)76-61-38-28-50(29-39-61)71(52-14-12-16-54(73)44-52)67-22-10-8-20-63(67)65-42-32-57(46-69(65)71)75(56-18-6-5-7-19-56)58-33-43-66-64-21-9-11-23-68(64)72(70(66)47-58,53-15-13-17-55(74)45-53)51-30-40-62(41-31-51)77-60-36-26-49(4-2)27-37-60/h3-47H,1-2H2. The van der Waals surface area contributed by atoms with E-state index in [4.69, 9.17) is 9.47 Å². The van der Waals surface area contributed by atoms with Gasteiger partial charge in [0.25, 0.3) is 0 Å². The highest BCUT2D eigenvalue weighted by Gasteiger charge is 2.48. The van der Waals surface area contributed by atoms with Crippen molar-refractivity contribution in [3.05, 3.63) is 341 Å². The Bertz CT molecular complexity index is 3790. The molecule has 3 nitrogen and oxygen atoms in total. The summed E-state index contributed by atoms with van der Waals surface area (Å²) in [7, 11) is 0. The van der Waals surface area contributed by atoms with Gasteiger partial charge >= 0.3 is 0 Å². The minimum absolute atomic E-state index is 0.320. The number of rotatable bonds is 13. The van der Waals surface area contributed by atoms with Crippen LogP contribution in [-0.2, 0) is 10.8 Å². The summed E-state index contributed by atoms with van der Waals surface area (Å²) >= 11 is 0. The van der Waals surface area contributed by atoms with Gasteiger partial charge in [0.2, 0.25) is 0 Å². The van der Waals surface area contributed by atoms with Crippen molar-refractivity contribution in [1.29, 1.82) is 0 Å². The summed E-state index contributed by atoms with van der Waals surface area (Å²) in [6.07, 6.45) is 3.61. The molecule has 0 amide bonds. The first kappa shape index (κ1) is 46.9. The molecule has 77 heavy (non-hydrogen) atoms. The van der Waals surface area contributed by atoms with Crippen LogP contribution in [0.4, 0.5) is 25.8 Å². The molecule has 5 heteroatoms. The first-order valence-electron chi connectivity index (χ1n) is 25.7. The normalized spacial score (nSPS) is 15.6. The van der Waals surface area contributed by atoms with Crippen molar-refractivity contribution in [3.8, 4) is 45.3 Å². The second kappa shape index (κ2) is 19.1. The lowest BCUT2D eigenvalue weighted by atomic mass is 9.67. The van der Waals surface area contributed by atoms with E-state index >= 15 is 8.78 Å². The SMILES string of the molecule is C=Cc1ccc(Oc2ccc(C3(c4cccc(F)c4)c4ccccc4-c4ccc(N(c5ccccc5)c5ccc6c(c5)C(c5ccc(Oc7ccc(C=C)cc7)cc5)(c5cccc(F)c5)c5ccccc5-6)cc43)cc2)cc1. The number of ether oxygens (including phenoxy) is 2. The topological polar surface area (TPSA) is 21.7 Å². The van der Waals surface area contributed by atoms with Gasteiger partial charge in [-0.1, -0.05) is 177 Å². The van der Waals surface area contributed by atoms with Crippen LogP contribution in [0.1, 0.15) is 55.6 Å². The minimum atomic E-state index is -0.937. The van der Waals surface area contributed by atoms with Crippen LogP contribution < -0.4 is 14.4 Å². The highest BCUT2D eigenvalue weighted by atomic mass is 19.1. The maximum Gasteiger partial charge on any atom is 0.127 e. The Kier molecular flexibility index (Phi) is 11.7. The monoisotopic (exact) mass is 997 g/mol. The van der Waals surface area contributed by atoms with Crippen LogP contribution in [0, 0.1) is 11.6 Å². The molecular weight excluding hydrogens is 949 g/mol. The molecular formula is C72H49F2NO2. The number of para-hydroxylation sites is 1. The number of anilines is 3. The summed E-state index contributed by atoms with van der Waals surface area (Å²) < 4.78 is 44.5. The van der Waals surface area contributed by atoms with E-state index in [1.807, 2.05) is 91.0 Å². The summed E-state index contributed by atoms with van der Waals surface area (Å²) in [5.41, 5.74) is 14.8. The number of fused-ring (bicyclic) bond motifs is 6. The second-order valence-electron chi connectivity index (χ2n) is 19.5. The van der Waals surface area contributed by atoms with Crippen molar-refractivity contribution in [2.45, 2.75) is 10.8 Å². The zero-order chi connectivity index (χ0) is 52.1. The van der Waals surface area contributed by atoms with Gasteiger partial charge in [-0.3, -0.25) is 0 Å². The van der Waals surface area contributed by atoms with Crippen molar-refractivity contribution in [1.82, 2.24) is 0 Å². The van der Waals surface area contributed by atoms with E-state index in [1.54, 1.807) is 36.4 Å². The molecule has 0 N–H and O–H groups in total. The molecule has 2 unspecified atom stereocenters. The zero-order valence-electron chi connectivity index (χ0n) is 41.9. The van der Waals surface area contributed by atoms with Crippen molar-refractivity contribution in [3.63, 3.8) is 0 Å². The summed E-state index contributed by atoms with van der Waals surface area (Å²) in [5, 5.41) is 0. The molecule has 11 aromatic carbocycles. The smallest absolute Gasteiger partial charge is 0.127 e. The number of hydrogen-bond donors (Lipinski definition) is 0. The third-order valence-corrected chi connectivity index (χ3v) is 15.4. The van der Waals surface area contributed by atoms with Gasteiger partial charge in [-0.2, -0.15) is 0 Å². The fraction of sp³-hybridized carbons (Fsp3) is 0.0278. The molecule has 11 aromatic rings. The largest absolute Gasteiger partial charge is 0.457 e. The van der Waals surface area contributed by atoms with E-state index in [0.717, 1.165) is 95.0 Å². The number of nitrogens with zero attached hydrogens (tertiary/aromatic N) is 1. The van der Waals surface area contributed by atoms with E-state index in [2.05, 4.69) is 152 Å². The van der Waals surface area contributed by atoms with Gasteiger partial charge in [-0.05, 0) is 187 Å². The molecule has 13 rings (SSSR count). The minimum Gasteiger partial charge on any atom is -0.457 e. The van der Waals surface area contributed by atoms with Gasteiger partial charge in [0.1, 0.15) is 34.6 Å². The predicted octanol–water partition coefficient (Wildman–Crippen LogP) is 19.0. The zero-order valence-corrected chi connectivity index (χ0v) is 41.9. The van der Waals surface area contributed by atoms with Gasteiger partial charge in [0, 0.05) is 17.1 Å². The Morgan fingerprint density at radius 1 is 0.312 bits per heavy atom. The molecule has 0 aromatic heterocycles. The lowest BCUT2D eigenvalue weighted by molar-refractivity contribution is 0.482. The van der Waals surface area contributed by atoms with Crippen LogP contribution in [0.2, 0.25) is 0 Å². The number of hydrogen-bond acceptors (Lipinski definition) is 3. The molecule has 0 spiro atoms. The molecule has 0 saturated heterocycles. The molecule has 0 radical (unpaired) electrons. The molecule has 0 saturated carbocycles. The van der Waals surface area contributed by atoms with Crippen molar-refractivity contribution in [2.24, 2.45) is 0 Å². The van der Waals surface area contributed by atoms with E-state index in [-0.39, 0.29) is 11.6 Å². The highest BCUT2D eigenvalue weighted by Crippen LogP contribution is 2.60. The Morgan fingerprint density at radius 3 is 1.09 bits per heavy atom. The van der Waals surface area contributed by atoms with Crippen molar-refractivity contribution >= 4 is 29.2 Å². The quantitative estimate of drug-likeness (QED) is 0.115. The summed E-state index contributed by atoms with van der Waals surface area (Å²) in [5.74, 6) is 2.14. The van der Waals surface area contributed by atoms with E-state index in [0.29, 0.717) is 23.0 Å². The Hall–Kier alpha value is -9.84. The Labute approximate surface area is 447 Å². The first-order valence-corrected chi connectivity index (χ1v) is 25.7. The van der Waals surface area contributed by atoms with Crippen LogP contribution in [0.25, 0.3) is 34.4 Å². The number of halogens is 2. The Balaban J connectivity index is 0.995. The second-order valence-corrected chi connectivity index (χ2v) is 19.5. The highest BCUT2D eigenvalue weighted by molar-refractivity contribution is 5.92. The van der Waals surface area contributed by atoms with Crippen molar-refractivity contribution in [2.75, 3.05) is 4.90 Å². The molecule has 0 bridgehead atoms. The molecule has 0 heterocycles. The van der Waals surface area contributed by atoms with E-state index in [9.17, 15) is 0 Å². The molecule has 0 fully saturated rings.